The molecule has 1 aliphatic rings. The fourth-order valence-electron chi connectivity index (χ4n) is 2.77. The summed E-state index contributed by atoms with van der Waals surface area (Å²) in [6.07, 6.45) is 1.23. The van der Waals surface area contributed by atoms with Crippen LogP contribution < -0.4 is 10.6 Å². The van der Waals surface area contributed by atoms with E-state index in [9.17, 15) is 14.4 Å². The van der Waals surface area contributed by atoms with E-state index in [1.54, 1.807) is 6.92 Å². The van der Waals surface area contributed by atoms with Gasteiger partial charge in [-0.25, -0.2) is 4.79 Å². The van der Waals surface area contributed by atoms with Gasteiger partial charge in [0.25, 0.3) is 5.91 Å². The number of likely N-dealkylation sites (N-methyl/N-ethyl adjacent to an activating group) is 1. The molecule has 2 rings (SSSR count). The van der Waals surface area contributed by atoms with Gasteiger partial charge in [-0.15, -0.1) is 0 Å². The Hall–Kier alpha value is -2.37. The molecule has 1 heterocycles. The van der Waals surface area contributed by atoms with Gasteiger partial charge in [-0.1, -0.05) is 43.7 Å². The van der Waals surface area contributed by atoms with E-state index in [1.165, 1.54) is 0 Å². The van der Waals surface area contributed by atoms with Crippen LogP contribution in [0, 0.1) is 0 Å². The molecule has 1 saturated heterocycles. The highest BCUT2D eigenvalue weighted by molar-refractivity contribution is 6.09. The fraction of sp³-hybridized carbons (Fsp3) is 0.438. The van der Waals surface area contributed by atoms with Crippen molar-refractivity contribution < 1.29 is 14.4 Å². The number of carbonyl (C=O) groups is 3. The van der Waals surface area contributed by atoms with E-state index in [0.29, 0.717) is 13.0 Å². The van der Waals surface area contributed by atoms with E-state index >= 15 is 0 Å². The Morgan fingerprint density at radius 3 is 2.50 bits per heavy atom. The zero-order valence-electron chi connectivity index (χ0n) is 12.9. The van der Waals surface area contributed by atoms with Gasteiger partial charge in [0.2, 0.25) is 5.91 Å². The van der Waals surface area contributed by atoms with E-state index in [2.05, 4.69) is 10.6 Å². The van der Waals surface area contributed by atoms with Gasteiger partial charge >= 0.3 is 6.03 Å². The maximum Gasteiger partial charge on any atom is 0.325 e. The van der Waals surface area contributed by atoms with Crippen molar-refractivity contribution in [3.63, 3.8) is 0 Å². The average molecular weight is 303 g/mol. The lowest BCUT2D eigenvalue weighted by molar-refractivity contribution is -0.135. The topological polar surface area (TPSA) is 78.5 Å². The van der Waals surface area contributed by atoms with Crippen LogP contribution in [-0.4, -0.2) is 35.8 Å². The Kier molecular flexibility index (Phi) is 4.80. The minimum atomic E-state index is -1.07. The second-order valence-corrected chi connectivity index (χ2v) is 5.30. The summed E-state index contributed by atoms with van der Waals surface area (Å²) in [6, 6.07) is 8.65. The van der Waals surface area contributed by atoms with E-state index < -0.39 is 11.6 Å². The van der Waals surface area contributed by atoms with Gasteiger partial charge < -0.3 is 10.6 Å². The second kappa shape index (κ2) is 6.60. The Morgan fingerprint density at radius 2 is 1.91 bits per heavy atom. The van der Waals surface area contributed by atoms with Gasteiger partial charge in [0, 0.05) is 6.54 Å². The highest BCUT2D eigenvalue weighted by Crippen LogP contribution is 2.33. The zero-order valence-corrected chi connectivity index (χ0v) is 12.9. The summed E-state index contributed by atoms with van der Waals surface area (Å²) >= 11 is 0. The van der Waals surface area contributed by atoms with E-state index in [-0.39, 0.29) is 18.4 Å². The predicted molar refractivity (Wildman–Crippen MR) is 82.0 cm³/mol. The molecule has 0 aromatic heterocycles. The van der Waals surface area contributed by atoms with Crippen molar-refractivity contribution in [2.75, 3.05) is 13.1 Å². The van der Waals surface area contributed by atoms with E-state index in [1.807, 2.05) is 37.3 Å². The maximum atomic E-state index is 12.8. The average Bonchev–Trinajstić information content (AvgIpc) is 2.74. The molecule has 1 aromatic carbocycles. The lowest BCUT2D eigenvalue weighted by atomic mass is 9.85. The van der Waals surface area contributed by atoms with Gasteiger partial charge in [-0.3, -0.25) is 14.5 Å². The van der Waals surface area contributed by atoms with Crippen molar-refractivity contribution in [2.24, 2.45) is 0 Å². The molecule has 0 bridgehead atoms. The standard InChI is InChI=1S/C16H21N3O3/c1-3-10-16(12-8-6-5-7-9-12)14(21)19(15(22)18-16)11-13(20)17-4-2/h5-9H,3-4,10-11H2,1-2H3,(H,17,20)(H,18,22)/t16-/m0/s1. The molecule has 1 aliphatic heterocycles. The quantitative estimate of drug-likeness (QED) is 0.779. The molecule has 118 valence electrons. The predicted octanol–water partition coefficient (Wildman–Crippen LogP) is 1.37. The highest BCUT2D eigenvalue weighted by Gasteiger charge is 2.51. The van der Waals surface area contributed by atoms with Crippen LogP contribution in [0.3, 0.4) is 0 Å². The number of amides is 4. The largest absolute Gasteiger partial charge is 0.355 e. The van der Waals surface area contributed by atoms with Crippen molar-refractivity contribution in [2.45, 2.75) is 32.2 Å². The van der Waals surface area contributed by atoms with Crippen LogP contribution in [-0.2, 0) is 15.1 Å². The third-order valence-corrected chi connectivity index (χ3v) is 3.74. The molecular formula is C16H21N3O3. The summed E-state index contributed by atoms with van der Waals surface area (Å²) in [7, 11) is 0. The van der Waals surface area contributed by atoms with Crippen LogP contribution in [0.15, 0.2) is 30.3 Å². The third kappa shape index (κ3) is 2.81. The van der Waals surface area contributed by atoms with Gasteiger partial charge in [0.05, 0.1) is 0 Å². The van der Waals surface area contributed by atoms with Gasteiger partial charge in [0.1, 0.15) is 12.1 Å². The zero-order chi connectivity index (χ0) is 16.2. The Bertz CT molecular complexity index is 573. The van der Waals surface area contributed by atoms with Gasteiger partial charge in [0.15, 0.2) is 0 Å². The maximum absolute atomic E-state index is 12.8. The molecule has 0 aliphatic carbocycles. The lowest BCUT2D eigenvalue weighted by Crippen LogP contribution is -2.45. The number of rotatable bonds is 6. The summed E-state index contributed by atoms with van der Waals surface area (Å²) in [6.45, 7) is 3.95. The molecule has 22 heavy (non-hydrogen) atoms. The number of hydrogen-bond donors (Lipinski definition) is 2. The van der Waals surface area contributed by atoms with Crippen molar-refractivity contribution in [3.05, 3.63) is 35.9 Å². The number of urea groups is 1. The van der Waals surface area contributed by atoms with Crippen molar-refractivity contribution in [3.8, 4) is 0 Å². The molecule has 6 nitrogen and oxygen atoms in total. The molecule has 0 spiro atoms. The normalized spacial score (nSPS) is 20.9. The smallest absolute Gasteiger partial charge is 0.325 e. The third-order valence-electron chi connectivity index (χ3n) is 3.74. The van der Waals surface area contributed by atoms with Crippen LogP contribution in [0.25, 0.3) is 0 Å². The SMILES string of the molecule is CCC[C@@]1(c2ccccc2)NC(=O)N(CC(=O)NCC)C1=O. The number of hydrogen-bond acceptors (Lipinski definition) is 3. The van der Waals surface area contributed by atoms with Gasteiger partial charge in [-0.05, 0) is 18.9 Å². The van der Waals surface area contributed by atoms with E-state index in [0.717, 1.165) is 16.9 Å². The first-order chi connectivity index (χ1) is 10.5. The minimum absolute atomic E-state index is 0.253. The van der Waals surface area contributed by atoms with Crippen LogP contribution in [0.1, 0.15) is 32.3 Å². The first-order valence-corrected chi connectivity index (χ1v) is 7.51. The van der Waals surface area contributed by atoms with Crippen LogP contribution in [0.2, 0.25) is 0 Å². The lowest BCUT2D eigenvalue weighted by Gasteiger charge is -2.26. The Balaban J connectivity index is 2.31. The Labute approximate surface area is 129 Å². The molecule has 1 fully saturated rings. The van der Waals surface area contributed by atoms with Crippen molar-refractivity contribution >= 4 is 17.8 Å². The summed E-state index contributed by atoms with van der Waals surface area (Å²) in [4.78, 5) is 37.7. The molecule has 1 aromatic rings. The molecule has 0 radical (unpaired) electrons. The van der Waals surface area contributed by atoms with E-state index in [4.69, 9.17) is 0 Å². The fourth-order valence-corrected chi connectivity index (χ4v) is 2.77. The van der Waals surface area contributed by atoms with Gasteiger partial charge in [-0.2, -0.15) is 0 Å². The highest BCUT2D eigenvalue weighted by atomic mass is 16.2. The first-order valence-electron chi connectivity index (χ1n) is 7.51. The second-order valence-electron chi connectivity index (χ2n) is 5.30. The molecule has 6 heteroatoms. The van der Waals surface area contributed by atoms with Crippen LogP contribution in [0.4, 0.5) is 4.79 Å². The first kappa shape index (κ1) is 16.0. The molecule has 0 unspecified atom stereocenters. The summed E-state index contributed by atoms with van der Waals surface area (Å²) in [5.74, 6) is -0.705. The summed E-state index contributed by atoms with van der Waals surface area (Å²) in [5.41, 5.74) is -0.326. The number of carbonyl (C=O) groups excluding carboxylic acids is 3. The number of nitrogens with one attached hydrogen (secondary N) is 2. The van der Waals surface area contributed by atoms with Crippen molar-refractivity contribution in [1.82, 2.24) is 15.5 Å². The van der Waals surface area contributed by atoms with Crippen LogP contribution >= 0.6 is 0 Å². The number of benzene rings is 1. The minimum Gasteiger partial charge on any atom is -0.355 e. The molecule has 1 atom stereocenters. The number of imide groups is 1. The Morgan fingerprint density at radius 1 is 1.23 bits per heavy atom. The molecular weight excluding hydrogens is 282 g/mol. The monoisotopic (exact) mass is 303 g/mol. The van der Waals surface area contributed by atoms with Crippen LogP contribution in [0.5, 0.6) is 0 Å². The summed E-state index contributed by atoms with van der Waals surface area (Å²) in [5, 5.41) is 5.39. The molecule has 4 amide bonds. The summed E-state index contributed by atoms with van der Waals surface area (Å²) < 4.78 is 0. The number of nitrogens with zero attached hydrogens (tertiary/aromatic N) is 1. The van der Waals surface area contributed by atoms with Crippen molar-refractivity contribution in [1.29, 1.82) is 0 Å². The molecule has 2 N–H and O–H groups in total. The molecule has 0 saturated carbocycles.